The molecule has 0 heterocycles. The SMILES string of the molecule is COC1=C(N)CC(C)(S(=O)(=O)CCOS(=O)(=O)O)C=C1. The number of allylic oxidation sites excluding steroid dienone is 2. The summed E-state index contributed by atoms with van der Waals surface area (Å²) in [5, 5.41) is 0. The van der Waals surface area contributed by atoms with E-state index in [-0.39, 0.29) is 12.1 Å². The minimum atomic E-state index is -4.66. The first-order valence-corrected chi connectivity index (χ1v) is 8.58. The molecule has 8 nitrogen and oxygen atoms in total. The van der Waals surface area contributed by atoms with Crippen molar-refractivity contribution in [2.24, 2.45) is 5.73 Å². The van der Waals surface area contributed by atoms with Crippen molar-refractivity contribution in [3.8, 4) is 0 Å². The Balaban J connectivity index is 2.84. The lowest BCUT2D eigenvalue weighted by molar-refractivity contribution is 0.283. The van der Waals surface area contributed by atoms with Crippen LogP contribution < -0.4 is 5.73 Å². The zero-order valence-electron chi connectivity index (χ0n) is 11.1. The topological polar surface area (TPSA) is 133 Å². The second-order valence-electron chi connectivity index (χ2n) is 4.48. The van der Waals surface area contributed by atoms with Crippen molar-refractivity contribution in [2.45, 2.75) is 18.1 Å². The van der Waals surface area contributed by atoms with E-state index in [1.807, 2.05) is 0 Å². The van der Waals surface area contributed by atoms with E-state index in [4.69, 9.17) is 15.0 Å². The monoisotopic (exact) mass is 327 g/mol. The molecule has 20 heavy (non-hydrogen) atoms. The fourth-order valence-electron chi connectivity index (χ4n) is 1.78. The molecule has 1 rings (SSSR count). The first-order valence-electron chi connectivity index (χ1n) is 5.57. The van der Waals surface area contributed by atoms with Gasteiger partial charge in [-0.3, -0.25) is 4.55 Å². The van der Waals surface area contributed by atoms with Gasteiger partial charge in [-0.1, -0.05) is 6.08 Å². The lowest BCUT2D eigenvalue weighted by Crippen LogP contribution is -2.39. The molecule has 0 aliphatic heterocycles. The summed E-state index contributed by atoms with van der Waals surface area (Å²) in [5.74, 6) is -0.171. The Labute approximate surface area is 118 Å². The predicted molar refractivity (Wildman–Crippen MR) is 71.7 cm³/mol. The standard InChI is InChI=1S/C10H17NO7S2/c1-10(4-3-9(17-2)8(11)7-10)19(12,13)6-5-18-20(14,15)16/h3-4H,5-7,11H2,1-2H3,(H,14,15,16). The molecule has 3 N–H and O–H groups in total. The predicted octanol–water partition coefficient (Wildman–Crippen LogP) is -0.244. The Kier molecular flexibility index (Phi) is 4.85. The van der Waals surface area contributed by atoms with E-state index in [1.54, 1.807) is 0 Å². The van der Waals surface area contributed by atoms with Crippen LogP contribution in [0.25, 0.3) is 0 Å². The van der Waals surface area contributed by atoms with Gasteiger partial charge in [-0.15, -0.1) is 0 Å². The van der Waals surface area contributed by atoms with Crippen molar-refractivity contribution < 1.29 is 30.3 Å². The first-order chi connectivity index (χ1) is 9.01. The number of methoxy groups -OCH3 is 1. The molecule has 0 saturated carbocycles. The Bertz CT molecular complexity index is 633. The van der Waals surface area contributed by atoms with E-state index in [0.29, 0.717) is 5.76 Å². The van der Waals surface area contributed by atoms with Crippen LogP contribution >= 0.6 is 0 Å². The van der Waals surface area contributed by atoms with Crippen molar-refractivity contribution in [3.63, 3.8) is 0 Å². The van der Waals surface area contributed by atoms with E-state index in [1.165, 1.54) is 26.2 Å². The average molecular weight is 327 g/mol. The van der Waals surface area contributed by atoms with Crippen LogP contribution in [0.2, 0.25) is 0 Å². The highest BCUT2D eigenvalue weighted by Gasteiger charge is 2.39. The molecule has 0 spiro atoms. The maximum Gasteiger partial charge on any atom is 0.397 e. The molecular weight excluding hydrogens is 310 g/mol. The molecule has 1 atom stereocenters. The van der Waals surface area contributed by atoms with Gasteiger partial charge in [0.05, 0.1) is 29.9 Å². The molecule has 10 heteroatoms. The quantitative estimate of drug-likeness (QED) is 0.638. The smallest absolute Gasteiger partial charge is 0.397 e. The number of hydrogen-bond donors (Lipinski definition) is 2. The summed E-state index contributed by atoms with van der Waals surface area (Å²) in [7, 11) is -6.96. The molecule has 0 bridgehead atoms. The van der Waals surface area contributed by atoms with E-state index in [9.17, 15) is 16.8 Å². The number of rotatable bonds is 6. The van der Waals surface area contributed by atoms with Gasteiger partial charge in [0.2, 0.25) is 0 Å². The number of nitrogens with two attached hydrogens (primary N) is 1. The second kappa shape index (κ2) is 5.72. The van der Waals surface area contributed by atoms with Crippen LogP contribution in [-0.2, 0) is 29.2 Å². The number of sulfone groups is 1. The van der Waals surface area contributed by atoms with Crippen LogP contribution in [0.5, 0.6) is 0 Å². The Morgan fingerprint density at radius 3 is 2.45 bits per heavy atom. The van der Waals surface area contributed by atoms with E-state index in [0.717, 1.165) is 0 Å². The number of hydrogen-bond acceptors (Lipinski definition) is 7. The Morgan fingerprint density at radius 1 is 1.40 bits per heavy atom. The lowest BCUT2D eigenvalue weighted by atomic mass is 9.98. The first kappa shape index (κ1) is 17.0. The summed E-state index contributed by atoms with van der Waals surface area (Å²) in [6, 6.07) is 0. The molecule has 0 saturated heterocycles. The molecule has 1 aliphatic carbocycles. The van der Waals surface area contributed by atoms with Crippen LogP contribution in [0.15, 0.2) is 23.6 Å². The van der Waals surface area contributed by atoms with Gasteiger partial charge in [0.1, 0.15) is 5.76 Å². The molecule has 1 unspecified atom stereocenters. The summed E-state index contributed by atoms with van der Waals surface area (Å²) in [5.41, 5.74) is 6.02. The molecule has 0 aromatic heterocycles. The summed E-state index contributed by atoms with van der Waals surface area (Å²) < 4.78 is 61.3. The highest BCUT2D eigenvalue weighted by Crippen LogP contribution is 2.32. The van der Waals surface area contributed by atoms with Gasteiger partial charge in [0.25, 0.3) is 0 Å². The van der Waals surface area contributed by atoms with Crippen LogP contribution in [-0.4, -0.2) is 45.6 Å². The third kappa shape index (κ3) is 3.95. The van der Waals surface area contributed by atoms with E-state index < -0.39 is 37.3 Å². The summed E-state index contributed by atoms with van der Waals surface area (Å²) in [4.78, 5) is 0. The zero-order valence-corrected chi connectivity index (χ0v) is 12.7. The molecular formula is C10H17NO7S2. The van der Waals surface area contributed by atoms with Crippen molar-refractivity contribution in [2.75, 3.05) is 19.5 Å². The zero-order chi connectivity index (χ0) is 15.6. The van der Waals surface area contributed by atoms with Gasteiger partial charge in [-0.2, -0.15) is 8.42 Å². The average Bonchev–Trinajstić information content (AvgIpc) is 2.26. The fraction of sp³-hybridized carbons (Fsp3) is 0.600. The van der Waals surface area contributed by atoms with Gasteiger partial charge in [-0.25, -0.2) is 12.6 Å². The van der Waals surface area contributed by atoms with Gasteiger partial charge in [0.15, 0.2) is 9.84 Å². The normalized spacial score (nSPS) is 23.9. The maximum atomic E-state index is 12.2. The Morgan fingerprint density at radius 2 is 2.00 bits per heavy atom. The summed E-state index contributed by atoms with van der Waals surface area (Å²) in [6.45, 7) is 0.803. The van der Waals surface area contributed by atoms with Crippen LogP contribution in [0.3, 0.4) is 0 Å². The molecule has 0 amide bonds. The van der Waals surface area contributed by atoms with E-state index in [2.05, 4.69) is 4.18 Å². The van der Waals surface area contributed by atoms with Crippen LogP contribution in [0.1, 0.15) is 13.3 Å². The second-order valence-corrected chi connectivity index (χ2v) is 8.15. The molecule has 1 aliphatic rings. The largest absolute Gasteiger partial charge is 0.495 e. The molecule has 0 fully saturated rings. The molecule has 0 radical (unpaired) electrons. The molecule has 0 aromatic rings. The highest BCUT2D eigenvalue weighted by atomic mass is 32.3. The minimum absolute atomic E-state index is 0.0287. The van der Waals surface area contributed by atoms with Gasteiger partial charge in [-0.05, 0) is 13.0 Å². The highest BCUT2D eigenvalue weighted by molar-refractivity contribution is 7.93. The van der Waals surface area contributed by atoms with Crippen LogP contribution in [0.4, 0.5) is 0 Å². The van der Waals surface area contributed by atoms with Crippen molar-refractivity contribution in [1.82, 2.24) is 0 Å². The number of ether oxygens (including phenoxy) is 1. The molecule has 0 aromatic carbocycles. The van der Waals surface area contributed by atoms with E-state index >= 15 is 0 Å². The van der Waals surface area contributed by atoms with Gasteiger partial charge < -0.3 is 10.5 Å². The third-order valence-electron chi connectivity index (χ3n) is 2.96. The third-order valence-corrected chi connectivity index (χ3v) is 5.83. The Hall–Kier alpha value is -1.10. The van der Waals surface area contributed by atoms with Gasteiger partial charge >= 0.3 is 10.4 Å². The van der Waals surface area contributed by atoms with Crippen molar-refractivity contribution >= 4 is 20.2 Å². The minimum Gasteiger partial charge on any atom is -0.495 e. The van der Waals surface area contributed by atoms with Crippen molar-refractivity contribution in [3.05, 3.63) is 23.6 Å². The maximum absolute atomic E-state index is 12.2. The van der Waals surface area contributed by atoms with Gasteiger partial charge in [0, 0.05) is 6.42 Å². The summed E-state index contributed by atoms with van der Waals surface area (Å²) >= 11 is 0. The van der Waals surface area contributed by atoms with Crippen molar-refractivity contribution in [1.29, 1.82) is 0 Å². The van der Waals surface area contributed by atoms with Crippen LogP contribution in [0, 0.1) is 0 Å². The summed E-state index contributed by atoms with van der Waals surface area (Å²) in [6.07, 6.45) is 2.92. The molecule has 116 valence electrons. The fourth-order valence-corrected chi connectivity index (χ4v) is 3.60. The lowest BCUT2D eigenvalue weighted by Gasteiger charge is -2.29.